The summed E-state index contributed by atoms with van der Waals surface area (Å²) in [6.45, 7) is 0.734. The van der Waals surface area contributed by atoms with Crippen LogP contribution in [0.4, 0.5) is 11.4 Å². The Kier molecular flexibility index (Phi) is 2.69. The van der Waals surface area contributed by atoms with Crippen LogP contribution in [-0.2, 0) is 0 Å². The number of benzene rings is 2. The number of hydrogen-bond acceptors (Lipinski definition) is 2. The van der Waals surface area contributed by atoms with Crippen LogP contribution in [0.15, 0.2) is 42.6 Å². The third kappa shape index (κ3) is 1.89. The number of fused-ring (bicyclic) bond motifs is 2. The molecular formula is C17H14ClN3. The number of hydrogen-bond donors (Lipinski definition) is 3. The van der Waals surface area contributed by atoms with E-state index < -0.39 is 0 Å². The van der Waals surface area contributed by atoms with E-state index in [9.17, 15) is 0 Å². The standard InChI is InChI=1S/C17H14ClN3/c18-16-14(19)6-5-10-7-11(8-21-17(10)16)13-9-20-15-4-2-1-3-12(13)15/h1-7,9,20-21H,8,19H2. The second-order valence-electron chi connectivity index (χ2n) is 5.20. The number of nitrogens with two attached hydrogens (primary N) is 1. The maximum absolute atomic E-state index is 6.26. The van der Waals surface area contributed by atoms with Crippen LogP contribution >= 0.6 is 11.6 Å². The van der Waals surface area contributed by atoms with Gasteiger partial charge in [-0.2, -0.15) is 0 Å². The third-order valence-corrected chi connectivity index (χ3v) is 4.33. The highest BCUT2D eigenvalue weighted by atomic mass is 35.5. The number of anilines is 2. The Labute approximate surface area is 127 Å². The molecule has 3 nitrogen and oxygen atoms in total. The predicted octanol–water partition coefficient (Wildman–Crippen LogP) is 4.37. The Morgan fingerprint density at radius 2 is 1.95 bits per heavy atom. The molecule has 4 N–H and O–H groups in total. The molecule has 1 aliphatic rings. The lowest BCUT2D eigenvalue weighted by molar-refractivity contribution is 1.32. The maximum Gasteiger partial charge on any atom is 0.0872 e. The molecule has 4 heteroatoms. The van der Waals surface area contributed by atoms with Crippen molar-refractivity contribution in [1.29, 1.82) is 0 Å². The summed E-state index contributed by atoms with van der Waals surface area (Å²) in [7, 11) is 0. The number of H-pyrrole nitrogens is 1. The molecule has 3 aromatic rings. The monoisotopic (exact) mass is 295 g/mol. The first-order valence-corrected chi connectivity index (χ1v) is 7.21. The summed E-state index contributed by atoms with van der Waals surface area (Å²) in [5.41, 5.74) is 12.0. The van der Waals surface area contributed by atoms with Gasteiger partial charge in [0.05, 0.1) is 16.4 Å². The first-order valence-electron chi connectivity index (χ1n) is 6.83. The molecule has 0 atom stereocenters. The minimum absolute atomic E-state index is 0.599. The average Bonchev–Trinajstić information content (AvgIpc) is 2.95. The fourth-order valence-electron chi connectivity index (χ4n) is 2.84. The molecule has 0 saturated heterocycles. The minimum atomic E-state index is 0.599. The summed E-state index contributed by atoms with van der Waals surface area (Å²) >= 11 is 6.26. The van der Waals surface area contributed by atoms with E-state index in [1.165, 1.54) is 16.5 Å². The molecule has 0 spiro atoms. The fraction of sp³-hybridized carbons (Fsp3) is 0.0588. The van der Waals surface area contributed by atoms with Gasteiger partial charge in [0, 0.05) is 29.2 Å². The molecule has 4 rings (SSSR count). The number of para-hydroxylation sites is 1. The molecule has 0 saturated carbocycles. The summed E-state index contributed by atoms with van der Waals surface area (Å²) in [4.78, 5) is 3.32. The van der Waals surface area contributed by atoms with Gasteiger partial charge < -0.3 is 16.0 Å². The predicted molar refractivity (Wildman–Crippen MR) is 90.5 cm³/mol. The van der Waals surface area contributed by atoms with Gasteiger partial charge in [-0.25, -0.2) is 0 Å². The molecule has 0 aliphatic carbocycles. The average molecular weight is 296 g/mol. The van der Waals surface area contributed by atoms with E-state index in [0.717, 1.165) is 23.3 Å². The van der Waals surface area contributed by atoms with Crippen LogP contribution in [0.3, 0.4) is 0 Å². The molecule has 2 aromatic carbocycles. The smallest absolute Gasteiger partial charge is 0.0872 e. The topological polar surface area (TPSA) is 53.8 Å². The van der Waals surface area contributed by atoms with Crippen LogP contribution in [0, 0.1) is 0 Å². The molecule has 0 unspecified atom stereocenters. The number of nitrogen functional groups attached to an aromatic ring is 1. The summed E-state index contributed by atoms with van der Waals surface area (Å²) in [5.74, 6) is 0. The van der Waals surface area contributed by atoms with Gasteiger partial charge in [0.1, 0.15) is 0 Å². The second-order valence-corrected chi connectivity index (χ2v) is 5.58. The summed E-state index contributed by atoms with van der Waals surface area (Å²) < 4.78 is 0. The van der Waals surface area contributed by atoms with Crippen LogP contribution in [0.2, 0.25) is 5.02 Å². The Balaban J connectivity index is 1.87. The first-order chi connectivity index (χ1) is 10.2. The van der Waals surface area contributed by atoms with Crippen molar-refractivity contribution in [2.24, 2.45) is 0 Å². The van der Waals surface area contributed by atoms with Crippen molar-refractivity contribution in [3.05, 3.63) is 58.7 Å². The Morgan fingerprint density at radius 3 is 2.86 bits per heavy atom. The highest BCUT2D eigenvalue weighted by Crippen LogP contribution is 2.38. The number of aromatic nitrogens is 1. The van der Waals surface area contributed by atoms with Gasteiger partial charge in [0.2, 0.25) is 0 Å². The number of rotatable bonds is 1. The summed E-state index contributed by atoms with van der Waals surface area (Å²) in [6, 6.07) is 12.2. The van der Waals surface area contributed by atoms with Crippen LogP contribution in [0.25, 0.3) is 22.6 Å². The van der Waals surface area contributed by atoms with E-state index >= 15 is 0 Å². The van der Waals surface area contributed by atoms with Crippen molar-refractivity contribution in [2.75, 3.05) is 17.6 Å². The van der Waals surface area contributed by atoms with Gasteiger partial charge in [-0.05, 0) is 29.3 Å². The van der Waals surface area contributed by atoms with E-state index in [1.807, 2.05) is 18.2 Å². The lowest BCUT2D eigenvalue weighted by Crippen LogP contribution is -2.11. The molecule has 1 aromatic heterocycles. The van der Waals surface area contributed by atoms with Gasteiger partial charge in [0.25, 0.3) is 0 Å². The van der Waals surface area contributed by atoms with Crippen LogP contribution in [0.5, 0.6) is 0 Å². The Morgan fingerprint density at radius 1 is 1.10 bits per heavy atom. The molecule has 0 fully saturated rings. The molecule has 0 radical (unpaired) electrons. The van der Waals surface area contributed by atoms with Crippen molar-refractivity contribution in [1.82, 2.24) is 4.98 Å². The second kappa shape index (κ2) is 4.57. The van der Waals surface area contributed by atoms with Crippen molar-refractivity contribution in [3.8, 4) is 0 Å². The number of halogens is 1. The zero-order valence-electron chi connectivity index (χ0n) is 11.3. The molecular weight excluding hydrogens is 282 g/mol. The van der Waals surface area contributed by atoms with E-state index in [4.69, 9.17) is 17.3 Å². The van der Waals surface area contributed by atoms with E-state index in [1.54, 1.807) is 0 Å². The SMILES string of the molecule is Nc1ccc2c(c1Cl)NCC(c1c[nH]c3ccccc13)=C2. The van der Waals surface area contributed by atoms with Gasteiger partial charge in [-0.1, -0.05) is 35.9 Å². The molecule has 2 heterocycles. The number of aromatic amines is 1. The molecule has 0 bridgehead atoms. The maximum atomic E-state index is 6.26. The summed E-state index contributed by atoms with van der Waals surface area (Å²) in [6.07, 6.45) is 4.23. The fourth-order valence-corrected chi connectivity index (χ4v) is 3.08. The largest absolute Gasteiger partial charge is 0.397 e. The van der Waals surface area contributed by atoms with Crippen molar-refractivity contribution < 1.29 is 0 Å². The first kappa shape index (κ1) is 12.4. The van der Waals surface area contributed by atoms with Gasteiger partial charge in [0.15, 0.2) is 0 Å². The van der Waals surface area contributed by atoms with E-state index in [2.05, 4.69) is 40.8 Å². The molecule has 21 heavy (non-hydrogen) atoms. The van der Waals surface area contributed by atoms with Crippen LogP contribution in [-0.4, -0.2) is 11.5 Å². The summed E-state index contributed by atoms with van der Waals surface area (Å²) in [5, 5.41) is 5.21. The van der Waals surface area contributed by atoms with Crippen molar-refractivity contribution in [2.45, 2.75) is 0 Å². The third-order valence-electron chi connectivity index (χ3n) is 3.92. The van der Waals surface area contributed by atoms with Crippen LogP contribution in [0.1, 0.15) is 11.1 Å². The van der Waals surface area contributed by atoms with Crippen LogP contribution < -0.4 is 11.1 Å². The highest BCUT2D eigenvalue weighted by Gasteiger charge is 2.17. The molecule has 1 aliphatic heterocycles. The quantitative estimate of drug-likeness (QED) is 0.584. The lowest BCUT2D eigenvalue weighted by atomic mass is 9.98. The highest BCUT2D eigenvalue weighted by molar-refractivity contribution is 6.36. The Hall–Kier alpha value is -2.39. The number of nitrogens with one attached hydrogen (secondary N) is 2. The molecule has 0 amide bonds. The molecule has 104 valence electrons. The van der Waals surface area contributed by atoms with Gasteiger partial charge in [-0.3, -0.25) is 0 Å². The van der Waals surface area contributed by atoms with Gasteiger partial charge >= 0.3 is 0 Å². The zero-order valence-corrected chi connectivity index (χ0v) is 12.0. The van der Waals surface area contributed by atoms with Crippen molar-refractivity contribution in [3.63, 3.8) is 0 Å². The van der Waals surface area contributed by atoms with Crippen molar-refractivity contribution >= 4 is 45.5 Å². The minimum Gasteiger partial charge on any atom is -0.397 e. The van der Waals surface area contributed by atoms with E-state index in [0.29, 0.717) is 10.7 Å². The Bertz CT molecular complexity index is 877. The lowest BCUT2D eigenvalue weighted by Gasteiger charge is -2.20. The van der Waals surface area contributed by atoms with E-state index in [-0.39, 0.29) is 0 Å². The normalized spacial score (nSPS) is 13.7. The zero-order chi connectivity index (χ0) is 14.4. The van der Waals surface area contributed by atoms with Gasteiger partial charge in [-0.15, -0.1) is 0 Å².